The molecule has 0 unspecified atom stereocenters. The molecule has 4 rings (SSSR count). The van der Waals surface area contributed by atoms with E-state index in [4.69, 9.17) is 4.74 Å². The molecule has 28 heavy (non-hydrogen) atoms. The average Bonchev–Trinajstić information content (AvgIpc) is 3.48. The van der Waals surface area contributed by atoms with Crippen molar-refractivity contribution in [1.82, 2.24) is 5.32 Å². The molecule has 1 aliphatic heterocycles. The number of fused-ring (bicyclic) bond motifs is 1. The third kappa shape index (κ3) is 3.78. The Morgan fingerprint density at radius 1 is 1.14 bits per heavy atom. The lowest BCUT2D eigenvalue weighted by Gasteiger charge is -2.44. The van der Waals surface area contributed by atoms with Crippen LogP contribution in [0.25, 0.3) is 0 Å². The van der Waals surface area contributed by atoms with Gasteiger partial charge in [-0.15, -0.1) is 0 Å². The minimum Gasteiger partial charge on any atom is -0.497 e. The summed E-state index contributed by atoms with van der Waals surface area (Å²) in [4.78, 5) is 0. The maximum atomic E-state index is 11.1. The van der Waals surface area contributed by atoms with Gasteiger partial charge in [-0.25, -0.2) is 4.31 Å². The monoisotopic (exact) mass is 405 g/mol. The number of aliphatic hydroxyl groups excluding tert-OH is 1. The van der Waals surface area contributed by atoms with Gasteiger partial charge < -0.3 is 15.2 Å². The van der Waals surface area contributed by atoms with Crippen molar-refractivity contribution in [2.75, 3.05) is 28.8 Å². The fraction of sp³-hybridized carbons (Fsp3) is 0.400. The smallest absolute Gasteiger partial charge is 0.121 e. The Morgan fingerprint density at radius 3 is 2.61 bits per heavy atom. The van der Waals surface area contributed by atoms with Gasteiger partial charge in [0, 0.05) is 25.2 Å². The molecule has 0 spiro atoms. The maximum absolute atomic E-state index is 11.1. The zero-order valence-corrected chi connectivity index (χ0v) is 16.7. The summed E-state index contributed by atoms with van der Waals surface area (Å²) in [7, 11) is -1.72. The molecule has 2 aliphatic rings. The summed E-state index contributed by atoms with van der Waals surface area (Å²) >= 11 is 0. The summed E-state index contributed by atoms with van der Waals surface area (Å²) in [6, 6.07) is 15.3. The second kappa shape index (κ2) is 7.81. The Labute approximate surface area is 167 Å². The van der Waals surface area contributed by atoms with Crippen molar-refractivity contribution in [3.05, 3.63) is 48.5 Å². The van der Waals surface area contributed by atoms with E-state index in [1.165, 1.54) is 12.8 Å². The van der Waals surface area contributed by atoms with E-state index in [0.717, 1.165) is 11.4 Å². The first-order valence-electron chi connectivity index (χ1n) is 9.51. The number of anilines is 3. The first-order chi connectivity index (χ1) is 13.5. The molecule has 0 bridgehead atoms. The standard InChI is InChI=1S/C20H27N3O4S/c1-27-18-6-4-5-16(13-18)23-20-8-3-2-7-19(20)22(28(23,25)26)12-11-17(24)14-21-15-9-10-15/h2-8,13,15,17,21,24-26H,9-12,14H2,1H3/t17-/m0/s1. The summed E-state index contributed by atoms with van der Waals surface area (Å²) in [5.74, 6) is 0.644. The first kappa shape index (κ1) is 19.4. The summed E-state index contributed by atoms with van der Waals surface area (Å²) in [6.07, 6.45) is 2.24. The quantitative estimate of drug-likeness (QED) is 0.532. The second-order valence-electron chi connectivity index (χ2n) is 7.20. The van der Waals surface area contributed by atoms with Gasteiger partial charge in [-0.05, 0) is 54.5 Å². The highest BCUT2D eigenvalue weighted by Crippen LogP contribution is 2.64. The van der Waals surface area contributed by atoms with Gasteiger partial charge in [-0.3, -0.25) is 13.4 Å². The van der Waals surface area contributed by atoms with E-state index in [1.54, 1.807) is 21.8 Å². The molecule has 1 heterocycles. The average molecular weight is 406 g/mol. The van der Waals surface area contributed by atoms with E-state index in [2.05, 4.69) is 5.32 Å². The minimum atomic E-state index is -3.30. The van der Waals surface area contributed by atoms with Crippen molar-refractivity contribution in [3.8, 4) is 5.75 Å². The summed E-state index contributed by atoms with van der Waals surface area (Å²) < 4.78 is 30.7. The van der Waals surface area contributed by atoms with Gasteiger partial charge >= 0.3 is 0 Å². The molecular weight excluding hydrogens is 378 g/mol. The summed E-state index contributed by atoms with van der Waals surface area (Å²) in [5, 5.41) is 13.6. The van der Waals surface area contributed by atoms with Crippen molar-refractivity contribution < 1.29 is 18.9 Å². The van der Waals surface area contributed by atoms with E-state index in [0.29, 0.717) is 37.0 Å². The third-order valence-corrected chi connectivity index (χ3v) is 6.95. The summed E-state index contributed by atoms with van der Waals surface area (Å²) in [5.41, 5.74) is 2.11. The van der Waals surface area contributed by atoms with Crippen LogP contribution in [0.2, 0.25) is 0 Å². The number of para-hydroxylation sites is 2. The Kier molecular flexibility index (Phi) is 5.39. The number of nitrogens with zero attached hydrogens (tertiary/aromatic N) is 2. The van der Waals surface area contributed by atoms with Crippen molar-refractivity contribution in [1.29, 1.82) is 0 Å². The van der Waals surface area contributed by atoms with Crippen LogP contribution in [0.4, 0.5) is 17.1 Å². The number of hydrogen-bond donors (Lipinski definition) is 4. The fourth-order valence-electron chi connectivity index (χ4n) is 3.43. The number of rotatable bonds is 8. The molecule has 0 saturated heterocycles. The number of nitrogens with one attached hydrogen (secondary N) is 1. The molecule has 2 aromatic carbocycles. The van der Waals surface area contributed by atoms with Gasteiger partial charge in [0.2, 0.25) is 0 Å². The van der Waals surface area contributed by atoms with Crippen molar-refractivity contribution >= 4 is 28.0 Å². The maximum Gasteiger partial charge on any atom is 0.121 e. The largest absolute Gasteiger partial charge is 0.497 e. The molecule has 0 radical (unpaired) electrons. The van der Waals surface area contributed by atoms with E-state index in [1.807, 2.05) is 42.5 Å². The first-order valence-corrected chi connectivity index (χ1v) is 11.0. The van der Waals surface area contributed by atoms with Crippen LogP contribution in [0.5, 0.6) is 5.75 Å². The number of hydrogen-bond acceptors (Lipinski definition) is 7. The molecule has 0 amide bonds. The molecule has 8 heteroatoms. The summed E-state index contributed by atoms with van der Waals surface area (Å²) in [6.45, 7) is 0.867. The minimum absolute atomic E-state index is 0.341. The fourth-order valence-corrected chi connectivity index (χ4v) is 5.21. The zero-order chi connectivity index (χ0) is 19.7. The zero-order valence-electron chi connectivity index (χ0n) is 15.9. The normalized spacial score (nSPS) is 20.0. The topological polar surface area (TPSA) is 88.4 Å². The van der Waals surface area contributed by atoms with Gasteiger partial charge in [0.1, 0.15) is 5.75 Å². The van der Waals surface area contributed by atoms with Gasteiger partial charge in [0.15, 0.2) is 0 Å². The third-order valence-electron chi connectivity index (χ3n) is 5.08. The Bertz CT molecular complexity index is 831. The highest BCUT2D eigenvalue weighted by atomic mass is 32.3. The molecule has 4 N–H and O–H groups in total. The van der Waals surface area contributed by atoms with Crippen molar-refractivity contribution in [2.24, 2.45) is 0 Å². The highest BCUT2D eigenvalue weighted by Gasteiger charge is 2.41. The van der Waals surface area contributed by atoms with E-state index >= 15 is 0 Å². The lowest BCUT2D eigenvalue weighted by molar-refractivity contribution is 0.164. The van der Waals surface area contributed by atoms with Crippen molar-refractivity contribution in [2.45, 2.75) is 31.4 Å². The molecule has 1 saturated carbocycles. The Balaban J connectivity index is 1.57. The number of methoxy groups -OCH3 is 1. The van der Waals surface area contributed by atoms with Crippen LogP contribution in [-0.2, 0) is 0 Å². The van der Waals surface area contributed by atoms with E-state index in [9.17, 15) is 14.2 Å². The van der Waals surface area contributed by atoms with Crippen LogP contribution in [0.1, 0.15) is 19.3 Å². The van der Waals surface area contributed by atoms with Crippen LogP contribution in [0, 0.1) is 0 Å². The molecule has 0 aromatic heterocycles. The number of ether oxygens (including phenoxy) is 1. The molecule has 1 fully saturated rings. The van der Waals surface area contributed by atoms with E-state index < -0.39 is 17.1 Å². The molecule has 7 nitrogen and oxygen atoms in total. The lowest BCUT2D eigenvalue weighted by atomic mass is 10.2. The highest BCUT2D eigenvalue weighted by molar-refractivity contribution is 8.27. The predicted molar refractivity (Wildman–Crippen MR) is 113 cm³/mol. The predicted octanol–water partition coefficient (Wildman–Crippen LogP) is 3.74. The van der Waals surface area contributed by atoms with Crippen LogP contribution in [0.3, 0.4) is 0 Å². The second-order valence-corrected chi connectivity index (χ2v) is 8.99. The lowest BCUT2D eigenvalue weighted by Crippen LogP contribution is -2.35. The molecule has 2 aromatic rings. The Hall–Kier alpha value is -1.97. The van der Waals surface area contributed by atoms with Crippen LogP contribution < -0.4 is 18.7 Å². The SMILES string of the molecule is COc1cccc(N2c3ccccc3N(CC[C@H](O)CNC3CC3)S2(O)O)c1. The van der Waals surface area contributed by atoms with E-state index in [-0.39, 0.29) is 0 Å². The number of benzene rings is 2. The molecular formula is C20H27N3O4S. The van der Waals surface area contributed by atoms with Crippen LogP contribution in [-0.4, -0.2) is 46.6 Å². The molecule has 1 aliphatic carbocycles. The van der Waals surface area contributed by atoms with Gasteiger partial charge in [0.25, 0.3) is 0 Å². The Morgan fingerprint density at radius 2 is 1.89 bits per heavy atom. The number of aliphatic hydroxyl groups is 1. The van der Waals surface area contributed by atoms with Crippen molar-refractivity contribution in [3.63, 3.8) is 0 Å². The van der Waals surface area contributed by atoms with Gasteiger partial charge in [-0.2, -0.15) is 0 Å². The van der Waals surface area contributed by atoms with Crippen LogP contribution >= 0.6 is 11.0 Å². The van der Waals surface area contributed by atoms with Gasteiger partial charge in [-0.1, -0.05) is 18.2 Å². The molecule has 152 valence electrons. The van der Waals surface area contributed by atoms with Gasteiger partial charge in [0.05, 0.1) is 30.3 Å². The molecule has 1 atom stereocenters. The van der Waals surface area contributed by atoms with Crippen LogP contribution in [0.15, 0.2) is 48.5 Å².